The summed E-state index contributed by atoms with van der Waals surface area (Å²) >= 11 is 0. The number of likely N-dealkylation sites (tertiary alicyclic amines) is 1. The summed E-state index contributed by atoms with van der Waals surface area (Å²) in [7, 11) is 0. The van der Waals surface area contributed by atoms with E-state index in [1.165, 1.54) is 6.33 Å². The maximum Gasteiger partial charge on any atom is 0.276 e. The highest BCUT2D eigenvalue weighted by Crippen LogP contribution is 2.40. The summed E-state index contributed by atoms with van der Waals surface area (Å²) < 4.78 is 7.11. The maximum atomic E-state index is 12.5. The molecule has 0 aromatic carbocycles. The third kappa shape index (κ3) is 2.43. The lowest BCUT2D eigenvalue weighted by Crippen LogP contribution is -2.41. The van der Waals surface area contributed by atoms with Gasteiger partial charge in [0, 0.05) is 25.1 Å². The molecule has 1 atom stereocenters. The van der Waals surface area contributed by atoms with Crippen molar-refractivity contribution in [2.24, 2.45) is 0 Å². The predicted octanol–water partition coefficient (Wildman–Crippen LogP) is 1.62. The van der Waals surface area contributed by atoms with Gasteiger partial charge >= 0.3 is 0 Å². The van der Waals surface area contributed by atoms with Gasteiger partial charge in [0.15, 0.2) is 5.69 Å². The van der Waals surface area contributed by atoms with Gasteiger partial charge in [-0.2, -0.15) is 5.10 Å². The number of rotatable bonds is 3. The first-order valence-electron chi connectivity index (χ1n) is 7.41. The molecule has 110 valence electrons. The van der Waals surface area contributed by atoms with Crippen molar-refractivity contribution in [3.8, 4) is 0 Å². The number of hydrogen-bond donors (Lipinski definition) is 0. The molecule has 7 nitrogen and oxygen atoms in total. The zero-order valence-electron chi connectivity index (χ0n) is 11.7. The number of piperidine rings is 1. The predicted molar refractivity (Wildman–Crippen MR) is 72.7 cm³/mol. The number of carbonyl (C=O) groups excluding carboxylic acids is 1. The Morgan fingerprint density at radius 2 is 2.24 bits per heavy atom. The van der Waals surface area contributed by atoms with Crippen LogP contribution >= 0.6 is 0 Å². The van der Waals surface area contributed by atoms with E-state index in [2.05, 4.69) is 15.2 Å². The Morgan fingerprint density at radius 1 is 1.33 bits per heavy atom. The molecule has 1 saturated carbocycles. The van der Waals surface area contributed by atoms with Gasteiger partial charge in [-0.3, -0.25) is 4.79 Å². The number of hydrogen-bond acceptors (Lipinski definition) is 5. The molecule has 1 amide bonds. The molecule has 2 aromatic rings. The molecule has 3 heterocycles. The summed E-state index contributed by atoms with van der Waals surface area (Å²) in [4.78, 5) is 18.3. The molecule has 0 unspecified atom stereocenters. The third-order valence-electron chi connectivity index (χ3n) is 4.22. The lowest BCUT2D eigenvalue weighted by molar-refractivity contribution is 0.0662. The fraction of sp³-hybridized carbons (Fsp3) is 0.571. The van der Waals surface area contributed by atoms with Crippen molar-refractivity contribution in [1.82, 2.24) is 24.8 Å². The topological polar surface area (TPSA) is 77.0 Å². The molecule has 7 heteroatoms. The average Bonchev–Trinajstić information content (AvgIpc) is 3.05. The lowest BCUT2D eigenvalue weighted by Gasteiger charge is -2.32. The minimum absolute atomic E-state index is 0.0459. The standard InChI is InChI=1S/C14H17N5O2/c20-14(12-6-13(21-17-12)10-3-4-10)18-5-1-2-11(7-18)19-9-15-8-16-19/h6,8-11H,1-5,7H2/t11-/m0/s1. The molecular weight excluding hydrogens is 270 g/mol. The molecule has 4 rings (SSSR count). The highest BCUT2D eigenvalue weighted by molar-refractivity contribution is 5.92. The Morgan fingerprint density at radius 3 is 3.00 bits per heavy atom. The molecule has 0 N–H and O–H groups in total. The van der Waals surface area contributed by atoms with Gasteiger partial charge in [0.05, 0.1) is 6.04 Å². The van der Waals surface area contributed by atoms with E-state index in [-0.39, 0.29) is 11.9 Å². The van der Waals surface area contributed by atoms with Crippen molar-refractivity contribution in [2.75, 3.05) is 13.1 Å². The maximum absolute atomic E-state index is 12.5. The molecule has 2 aromatic heterocycles. The molecule has 2 fully saturated rings. The molecule has 0 spiro atoms. The van der Waals surface area contributed by atoms with Crippen molar-refractivity contribution in [1.29, 1.82) is 0 Å². The van der Waals surface area contributed by atoms with Gasteiger partial charge in [-0.25, -0.2) is 9.67 Å². The second-order valence-electron chi connectivity index (χ2n) is 5.81. The van der Waals surface area contributed by atoms with Crippen LogP contribution in [0, 0.1) is 0 Å². The van der Waals surface area contributed by atoms with Crippen molar-refractivity contribution in [2.45, 2.75) is 37.6 Å². The first-order valence-corrected chi connectivity index (χ1v) is 7.41. The van der Waals surface area contributed by atoms with Crippen molar-refractivity contribution in [3.63, 3.8) is 0 Å². The zero-order valence-corrected chi connectivity index (χ0v) is 11.7. The van der Waals surface area contributed by atoms with Gasteiger partial charge in [-0.1, -0.05) is 5.16 Å². The number of carbonyl (C=O) groups is 1. The first-order chi connectivity index (χ1) is 10.3. The number of aromatic nitrogens is 4. The van der Waals surface area contributed by atoms with E-state index in [0.29, 0.717) is 18.2 Å². The molecule has 1 aliphatic heterocycles. The van der Waals surface area contributed by atoms with Gasteiger partial charge in [-0.15, -0.1) is 0 Å². The van der Waals surface area contributed by atoms with E-state index in [1.54, 1.807) is 12.4 Å². The SMILES string of the molecule is O=C(c1cc(C2CC2)on1)N1CCC[C@H](n2cncn2)C1. The smallest absolute Gasteiger partial charge is 0.276 e. The van der Waals surface area contributed by atoms with E-state index >= 15 is 0 Å². The van der Waals surface area contributed by atoms with Crippen LogP contribution in [0.3, 0.4) is 0 Å². The third-order valence-corrected chi connectivity index (χ3v) is 4.22. The molecule has 2 aliphatic rings. The molecular formula is C14H17N5O2. The van der Waals surface area contributed by atoms with Crippen molar-refractivity contribution < 1.29 is 9.32 Å². The summed E-state index contributed by atoms with van der Waals surface area (Å²) in [5.74, 6) is 1.28. The van der Waals surface area contributed by atoms with Gasteiger partial charge in [0.1, 0.15) is 18.4 Å². The lowest BCUT2D eigenvalue weighted by atomic mass is 10.1. The fourth-order valence-corrected chi connectivity index (χ4v) is 2.87. The minimum Gasteiger partial charge on any atom is -0.360 e. The normalized spacial score (nSPS) is 22.5. The van der Waals surface area contributed by atoms with Crippen LogP contribution in [0.4, 0.5) is 0 Å². The van der Waals surface area contributed by atoms with E-state index in [0.717, 1.165) is 38.0 Å². The Labute approximate surface area is 121 Å². The van der Waals surface area contributed by atoms with E-state index in [4.69, 9.17) is 4.52 Å². The zero-order chi connectivity index (χ0) is 14.2. The molecule has 0 bridgehead atoms. The largest absolute Gasteiger partial charge is 0.360 e. The van der Waals surface area contributed by atoms with Crippen LogP contribution in [0.2, 0.25) is 0 Å². The van der Waals surface area contributed by atoms with Crippen molar-refractivity contribution >= 4 is 5.91 Å². The highest BCUT2D eigenvalue weighted by Gasteiger charge is 2.31. The Hall–Kier alpha value is -2.18. The molecule has 0 radical (unpaired) electrons. The van der Waals surface area contributed by atoms with Gasteiger partial charge in [-0.05, 0) is 25.7 Å². The second kappa shape index (κ2) is 4.98. The van der Waals surface area contributed by atoms with Crippen LogP contribution in [-0.2, 0) is 0 Å². The highest BCUT2D eigenvalue weighted by atomic mass is 16.5. The molecule has 21 heavy (non-hydrogen) atoms. The van der Waals surface area contributed by atoms with Gasteiger partial charge in [0.2, 0.25) is 0 Å². The van der Waals surface area contributed by atoms with Gasteiger partial charge < -0.3 is 9.42 Å². The van der Waals surface area contributed by atoms with Crippen LogP contribution < -0.4 is 0 Å². The van der Waals surface area contributed by atoms with Crippen LogP contribution in [0.1, 0.15) is 53.9 Å². The summed E-state index contributed by atoms with van der Waals surface area (Å²) in [6.07, 6.45) is 7.49. The van der Waals surface area contributed by atoms with Crippen LogP contribution in [0.5, 0.6) is 0 Å². The van der Waals surface area contributed by atoms with E-state index in [1.807, 2.05) is 9.58 Å². The number of amides is 1. The van der Waals surface area contributed by atoms with Crippen LogP contribution in [0.15, 0.2) is 23.2 Å². The summed E-state index contributed by atoms with van der Waals surface area (Å²) in [6.45, 7) is 1.41. The van der Waals surface area contributed by atoms with E-state index in [9.17, 15) is 4.79 Å². The first kappa shape index (κ1) is 12.6. The number of nitrogens with zero attached hydrogens (tertiary/aromatic N) is 5. The summed E-state index contributed by atoms with van der Waals surface area (Å²) in [5, 5.41) is 8.11. The summed E-state index contributed by atoms with van der Waals surface area (Å²) in [6, 6.07) is 2.00. The second-order valence-corrected chi connectivity index (χ2v) is 5.81. The average molecular weight is 287 g/mol. The molecule has 1 aliphatic carbocycles. The van der Waals surface area contributed by atoms with E-state index < -0.39 is 0 Å². The van der Waals surface area contributed by atoms with Crippen molar-refractivity contribution in [3.05, 3.63) is 30.2 Å². The monoisotopic (exact) mass is 287 g/mol. The minimum atomic E-state index is -0.0459. The van der Waals surface area contributed by atoms with Crippen LogP contribution in [0.25, 0.3) is 0 Å². The Kier molecular flexibility index (Phi) is 2.98. The Bertz CT molecular complexity index is 632. The molecule has 1 saturated heterocycles. The fourth-order valence-electron chi connectivity index (χ4n) is 2.87. The quantitative estimate of drug-likeness (QED) is 0.857. The van der Waals surface area contributed by atoms with Gasteiger partial charge in [0.25, 0.3) is 5.91 Å². The summed E-state index contributed by atoms with van der Waals surface area (Å²) in [5.41, 5.74) is 0.427. The Balaban J connectivity index is 1.47. The van der Waals surface area contributed by atoms with Crippen LogP contribution in [-0.4, -0.2) is 43.8 Å².